The van der Waals surface area contributed by atoms with Gasteiger partial charge in [0.1, 0.15) is 5.82 Å². The van der Waals surface area contributed by atoms with Gasteiger partial charge in [0, 0.05) is 12.2 Å². The monoisotopic (exact) mass is 180 g/mol. The Morgan fingerprint density at radius 2 is 2.31 bits per heavy atom. The molecule has 0 aliphatic heterocycles. The first-order valence-electron chi connectivity index (χ1n) is 4.10. The molecule has 0 amide bonds. The van der Waals surface area contributed by atoms with Crippen LogP contribution in [0.15, 0.2) is 24.3 Å². The summed E-state index contributed by atoms with van der Waals surface area (Å²) in [5.41, 5.74) is 6.94. The molecule has 1 aromatic rings. The number of hydrogen-bond donors (Lipinski definition) is 2. The zero-order valence-corrected chi connectivity index (χ0v) is 7.55. The van der Waals surface area contributed by atoms with Crippen molar-refractivity contribution in [3.8, 4) is 0 Å². The van der Waals surface area contributed by atoms with Crippen molar-refractivity contribution < 1.29 is 4.39 Å². The lowest BCUT2D eigenvalue weighted by atomic mass is 10.1. The van der Waals surface area contributed by atoms with E-state index in [2.05, 4.69) is 5.32 Å². The molecule has 0 atom stereocenters. The molecular formula is C10H13FN2. The van der Waals surface area contributed by atoms with Gasteiger partial charge in [0.2, 0.25) is 0 Å². The van der Waals surface area contributed by atoms with Crippen molar-refractivity contribution in [2.75, 3.05) is 19.3 Å². The van der Waals surface area contributed by atoms with Gasteiger partial charge in [0.15, 0.2) is 0 Å². The van der Waals surface area contributed by atoms with Crippen molar-refractivity contribution in [2.45, 2.75) is 0 Å². The standard InChI is InChI=1S/C10H13FN2/c1-13-6-2-3-8-7-9(11)4-5-10(8)12/h2-5,7,13H,6,12H2,1H3. The second kappa shape index (κ2) is 4.62. The highest BCUT2D eigenvalue weighted by Crippen LogP contribution is 2.14. The zero-order valence-electron chi connectivity index (χ0n) is 7.55. The first-order valence-corrected chi connectivity index (χ1v) is 4.10. The fraction of sp³-hybridized carbons (Fsp3) is 0.200. The van der Waals surface area contributed by atoms with Crippen LogP contribution in [-0.4, -0.2) is 13.6 Å². The Morgan fingerprint density at radius 3 is 3.00 bits per heavy atom. The second-order valence-electron chi connectivity index (χ2n) is 2.73. The fourth-order valence-corrected chi connectivity index (χ4v) is 0.994. The van der Waals surface area contributed by atoms with E-state index in [1.165, 1.54) is 12.1 Å². The molecule has 0 bridgehead atoms. The number of halogens is 1. The molecule has 0 unspecified atom stereocenters. The van der Waals surface area contributed by atoms with Gasteiger partial charge in [0.05, 0.1) is 0 Å². The van der Waals surface area contributed by atoms with Crippen molar-refractivity contribution in [2.24, 2.45) is 0 Å². The molecular weight excluding hydrogens is 167 g/mol. The minimum atomic E-state index is -0.265. The fourth-order valence-electron chi connectivity index (χ4n) is 0.994. The third-order valence-corrected chi connectivity index (χ3v) is 1.67. The first kappa shape index (κ1) is 9.74. The van der Waals surface area contributed by atoms with Crippen molar-refractivity contribution >= 4 is 11.8 Å². The molecule has 0 spiro atoms. The Morgan fingerprint density at radius 1 is 1.54 bits per heavy atom. The summed E-state index contributed by atoms with van der Waals surface area (Å²) in [5.74, 6) is -0.265. The molecule has 0 fully saturated rings. The number of anilines is 1. The Hall–Kier alpha value is -1.35. The lowest BCUT2D eigenvalue weighted by Crippen LogP contribution is -2.03. The summed E-state index contributed by atoms with van der Waals surface area (Å²) >= 11 is 0. The summed E-state index contributed by atoms with van der Waals surface area (Å²) in [7, 11) is 1.85. The largest absolute Gasteiger partial charge is 0.398 e. The van der Waals surface area contributed by atoms with Crippen LogP contribution in [0.3, 0.4) is 0 Å². The van der Waals surface area contributed by atoms with Crippen LogP contribution in [0.5, 0.6) is 0 Å². The number of benzene rings is 1. The average Bonchev–Trinajstić information content (AvgIpc) is 2.11. The summed E-state index contributed by atoms with van der Waals surface area (Å²) < 4.78 is 12.8. The Kier molecular flexibility index (Phi) is 3.46. The molecule has 0 aromatic heterocycles. The molecule has 0 heterocycles. The Labute approximate surface area is 77.3 Å². The van der Waals surface area contributed by atoms with Crippen LogP contribution < -0.4 is 11.1 Å². The number of hydrogen-bond acceptors (Lipinski definition) is 2. The second-order valence-corrected chi connectivity index (χ2v) is 2.73. The van der Waals surface area contributed by atoms with E-state index >= 15 is 0 Å². The van der Waals surface area contributed by atoms with Crippen molar-refractivity contribution in [3.63, 3.8) is 0 Å². The predicted octanol–water partition coefficient (Wildman–Crippen LogP) is 1.64. The maximum Gasteiger partial charge on any atom is 0.123 e. The quantitative estimate of drug-likeness (QED) is 0.694. The van der Waals surface area contributed by atoms with Gasteiger partial charge in [-0.1, -0.05) is 12.2 Å². The lowest BCUT2D eigenvalue weighted by molar-refractivity contribution is 0.628. The molecule has 1 rings (SSSR count). The summed E-state index contributed by atoms with van der Waals surface area (Å²) in [6, 6.07) is 4.33. The van der Waals surface area contributed by atoms with E-state index in [4.69, 9.17) is 5.73 Å². The van der Waals surface area contributed by atoms with Crippen molar-refractivity contribution in [1.82, 2.24) is 5.32 Å². The van der Waals surface area contributed by atoms with Crippen molar-refractivity contribution in [3.05, 3.63) is 35.7 Å². The van der Waals surface area contributed by atoms with E-state index in [9.17, 15) is 4.39 Å². The number of rotatable bonds is 3. The van der Waals surface area contributed by atoms with Gasteiger partial charge in [-0.25, -0.2) is 4.39 Å². The number of nitrogen functional groups attached to an aromatic ring is 1. The zero-order chi connectivity index (χ0) is 9.68. The molecule has 0 saturated heterocycles. The lowest BCUT2D eigenvalue weighted by Gasteiger charge is -1.99. The molecule has 3 N–H and O–H groups in total. The topological polar surface area (TPSA) is 38.0 Å². The van der Waals surface area contributed by atoms with Gasteiger partial charge in [-0.3, -0.25) is 0 Å². The Bertz CT molecular complexity index is 308. The third kappa shape index (κ3) is 2.87. The highest BCUT2D eigenvalue weighted by molar-refractivity contribution is 5.64. The SMILES string of the molecule is CNCC=Cc1cc(F)ccc1N. The van der Waals surface area contributed by atoms with Gasteiger partial charge in [0.25, 0.3) is 0 Å². The van der Waals surface area contributed by atoms with Crippen LogP contribution in [0.1, 0.15) is 5.56 Å². The molecule has 0 aliphatic carbocycles. The van der Waals surface area contributed by atoms with Crippen LogP contribution in [0.4, 0.5) is 10.1 Å². The van der Waals surface area contributed by atoms with Crippen LogP contribution in [0, 0.1) is 5.82 Å². The molecule has 0 radical (unpaired) electrons. The van der Waals surface area contributed by atoms with Crippen LogP contribution >= 0.6 is 0 Å². The molecule has 1 aromatic carbocycles. The summed E-state index contributed by atoms with van der Waals surface area (Å²) in [4.78, 5) is 0. The third-order valence-electron chi connectivity index (χ3n) is 1.67. The first-order chi connectivity index (χ1) is 6.24. The van der Waals surface area contributed by atoms with Gasteiger partial charge < -0.3 is 11.1 Å². The summed E-state index contributed by atoms with van der Waals surface area (Å²) in [6.07, 6.45) is 3.69. The Balaban J connectivity index is 2.81. The van der Waals surface area contributed by atoms with E-state index in [-0.39, 0.29) is 5.82 Å². The molecule has 70 valence electrons. The van der Waals surface area contributed by atoms with E-state index in [0.717, 1.165) is 12.1 Å². The molecule has 2 nitrogen and oxygen atoms in total. The van der Waals surface area contributed by atoms with E-state index in [0.29, 0.717) is 5.69 Å². The maximum atomic E-state index is 12.8. The highest BCUT2D eigenvalue weighted by Gasteiger charge is 1.95. The van der Waals surface area contributed by atoms with E-state index < -0.39 is 0 Å². The average molecular weight is 180 g/mol. The number of likely N-dealkylation sites (N-methyl/N-ethyl adjacent to an activating group) is 1. The maximum absolute atomic E-state index is 12.8. The van der Waals surface area contributed by atoms with Gasteiger partial charge in [-0.15, -0.1) is 0 Å². The summed E-state index contributed by atoms with van der Waals surface area (Å²) in [6.45, 7) is 0.746. The van der Waals surface area contributed by atoms with E-state index in [1.807, 2.05) is 13.1 Å². The van der Waals surface area contributed by atoms with Gasteiger partial charge in [-0.2, -0.15) is 0 Å². The smallest absolute Gasteiger partial charge is 0.123 e. The summed E-state index contributed by atoms with van der Waals surface area (Å²) in [5, 5.41) is 2.95. The highest BCUT2D eigenvalue weighted by atomic mass is 19.1. The molecule has 3 heteroatoms. The molecule has 0 saturated carbocycles. The van der Waals surface area contributed by atoms with Crippen LogP contribution in [-0.2, 0) is 0 Å². The van der Waals surface area contributed by atoms with Gasteiger partial charge >= 0.3 is 0 Å². The molecule has 13 heavy (non-hydrogen) atoms. The van der Waals surface area contributed by atoms with Crippen LogP contribution in [0.25, 0.3) is 6.08 Å². The van der Waals surface area contributed by atoms with Gasteiger partial charge in [-0.05, 0) is 30.8 Å². The number of nitrogens with two attached hydrogens (primary N) is 1. The normalized spacial score (nSPS) is 10.9. The predicted molar refractivity (Wildman–Crippen MR) is 53.8 cm³/mol. The van der Waals surface area contributed by atoms with E-state index in [1.54, 1.807) is 12.1 Å². The van der Waals surface area contributed by atoms with Crippen molar-refractivity contribution in [1.29, 1.82) is 0 Å². The minimum absolute atomic E-state index is 0.265. The van der Waals surface area contributed by atoms with Crippen LogP contribution in [0.2, 0.25) is 0 Å². The molecule has 0 aliphatic rings. The minimum Gasteiger partial charge on any atom is -0.398 e. The number of nitrogens with one attached hydrogen (secondary N) is 1.